The highest BCUT2D eigenvalue weighted by molar-refractivity contribution is 5.31. The predicted octanol–water partition coefficient (Wildman–Crippen LogP) is 3.93. The summed E-state index contributed by atoms with van der Waals surface area (Å²) in [5.41, 5.74) is 2.44. The number of rotatable bonds is 2. The quantitative estimate of drug-likeness (QED) is 0.619. The second kappa shape index (κ2) is 3.75. The van der Waals surface area contributed by atoms with Crippen LogP contribution >= 0.6 is 0 Å². The Balaban J connectivity index is 3.20. The van der Waals surface area contributed by atoms with Crippen LogP contribution in [0.4, 0.5) is 0 Å². The Hall–Kier alpha value is -0.780. The van der Waals surface area contributed by atoms with Gasteiger partial charge in [-0.2, -0.15) is 0 Å². The zero-order chi connectivity index (χ0) is 10.1. The summed E-state index contributed by atoms with van der Waals surface area (Å²) >= 11 is 0. The molecule has 0 aliphatic carbocycles. The standard InChI is InChI=1S/C12H18/c1-9(2)11-7-5-6-8-12(11)10(3)4/h5-10H,1-4H3/i9D. The predicted molar refractivity (Wildman–Crippen MR) is 54.6 cm³/mol. The monoisotopic (exact) mass is 163 g/mol. The second-order valence-electron chi connectivity index (χ2n) is 3.74. The highest BCUT2D eigenvalue weighted by Gasteiger charge is 2.07. The molecule has 0 saturated heterocycles. The van der Waals surface area contributed by atoms with Gasteiger partial charge < -0.3 is 0 Å². The Labute approximate surface area is 77.0 Å². The van der Waals surface area contributed by atoms with Gasteiger partial charge in [-0.05, 0) is 22.9 Å². The Kier molecular flexibility index (Phi) is 2.45. The van der Waals surface area contributed by atoms with E-state index in [1.165, 1.54) is 5.56 Å². The molecule has 0 amide bonds. The van der Waals surface area contributed by atoms with Crippen LogP contribution in [0.25, 0.3) is 0 Å². The summed E-state index contributed by atoms with van der Waals surface area (Å²) in [6.07, 6.45) is 0. The van der Waals surface area contributed by atoms with Gasteiger partial charge in [-0.1, -0.05) is 52.0 Å². The van der Waals surface area contributed by atoms with Crippen molar-refractivity contribution >= 4 is 0 Å². The lowest BCUT2D eigenvalue weighted by Crippen LogP contribution is -1.97. The molecule has 0 unspecified atom stereocenters. The third kappa shape index (κ3) is 1.88. The molecule has 0 aliphatic rings. The van der Waals surface area contributed by atoms with Crippen LogP contribution in [-0.4, -0.2) is 0 Å². The summed E-state index contributed by atoms with van der Waals surface area (Å²) < 4.78 is 8.01. The molecule has 12 heavy (non-hydrogen) atoms. The van der Waals surface area contributed by atoms with E-state index in [0.717, 1.165) is 5.56 Å². The molecule has 0 spiro atoms. The van der Waals surface area contributed by atoms with E-state index < -0.39 is 5.89 Å². The SMILES string of the molecule is [2H]C(C)(C)c1ccccc1C(C)C. The van der Waals surface area contributed by atoms with Gasteiger partial charge in [0.05, 0.1) is 0 Å². The van der Waals surface area contributed by atoms with Gasteiger partial charge in [0, 0.05) is 1.37 Å². The topological polar surface area (TPSA) is 0 Å². The van der Waals surface area contributed by atoms with Crippen LogP contribution in [0.5, 0.6) is 0 Å². The first-order valence-corrected chi connectivity index (χ1v) is 4.52. The molecule has 1 aromatic carbocycles. The van der Waals surface area contributed by atoms with E-state index in [-0.39, 0.29) is 0 Å². The summed E-state index contributed by atoms with van der Waals surface area (Å²) in [5, 5.41) is 0. The van der Waals surface area contributed by atoms with Gasteiger partial charge in [0.2, 0.25) is 0 Å². The fourth-order valence-electron chi connectivity index (χ4n) is 1.46. The van der Waals surface area contributed by atoms with E-state index in [9.17, 15) is 0 Å². The lowest BCUT2D eigenvalue weighted by atomic mass is 9.91. The maximum Gasteiger partial charge on any atom is 0.0347 e. The molecule has 1 aromatic rings. The molecule has 0 atom stereocenters. The average Bonchev–Trinajstić information content (AvgIpc) is 2.03. The maximum atomic E-state index is 8.01. The van der Waals surface area contributed by atoms with Crippen molar-refractivity contribution in [2.45, 2.75) is 39.5 Å². The fraction of sp³-hybridized carbons (Fsp3) is 0.500. The molecule has 0 fully saturated rings. The Bertz CT molecular complexity index is 281. The molecular formula is C12H18. The Morgan fingerprint density at radius 1 is 1.00 bits per heavy atom. The molecule has 0 heterocycles. The number of benzene rings is 1. The van der Waals surface area contributed by atoms with Crippen LogP contribution in [0.15, 0.2) is 24.3 Å². The lowest BCUT2D eigenvalue weighted by molar-refractivity contribution is 0.790. The van der Waals surface area contributed by atoms with Gasteiger partial charge in [0.15, 0.2) is 0 Å². The molecule has 1 rings (SSSR count). The fourth-order valence-corrected chi connectivity index (χ4v) is 1.46. The molecule has 0 nitrogen and oxygen atoms in total. The van der Waals surface area contributed by atoms with Crippen LogP contribution in [0.3, 0.4) is 0 Å². The van der Waals surface area contributed by atoms with E-state index in [2.05, 4.69) is 26.0 Å². The minimum atomic E-state index is -0.485. The highest BCUT2D eigenvalue weighted by Crippen LogP contribution is 2.25. The summed E-state index contributed by atoms with van der Waals surface area (Å²) in [5.74, 6) is 0.0155. The molecule has 0 heteroatoms. The normalized spacial score (nSPS) is 13.2. The Morgan fingerprint density at radius 3 is 1.83 bits per heavy atom. The zero-order valence-electron chi connectivity index (χ0n) is 9.39. The molecule has 0 aliphatic heterocycles. The minimum Gasteiger partial charge on any atom is -0.0620 e. The maximum absolute atomic E-state index is 8.01. The van der Waals surface area contributed by atoms with Crippen LogP contribution in [0.2, 0.25) is 0 Å². The summed E-state index contributed by atoms with van der Waals surface area (Å²) in [6, 6.07) is 8.24. The van der Waals surface area contributed by atoms with Crippen molar-refractivity contribution in [1.82, 2.24) is 0 Å². The third-order valence-corrected chi connectivity index (χ3v) is 2.12. The first-order chi connectivity index (χ1) is 5.93. The van der Waals surface area contributed by atoms with Crippen molar-refractivity contribution in [3.05, 3.63) is 35.4 Å². The molecule has 0 bridgehead atoms. The highest BCUT2D eigenvalue weighted by atomic mass is 14.1. The molecule has 0 aromatic heterocycles. The van der Waals surface area contributed by atoms with Crippen LogP contribution in [0, 0.1) is 0 Å². The van der Waals surface area contributed by atoms with Gasteiger partial charge in [-0.25, -0.2) is 0 Å². The second-order valence-corrected chi connectivity index (χ2v) is 3.74. The van der Waals surface area contributed by atoms with Crippen molar-refractivity contribution in [3.8, 4) is 0 Å². The summed E-state index contributed by atoms with van der Waals surface area (Å²) in [7, 11) is 0. The van der Waals surface area contributed by atoms with E-state index in [0.29, 0.717) is 5.92 Å². The Morgan fingerprint density at radius 2 is 1.50 bits per heavy atom. The van der Waals surface area contributed by atoms with E-state index >= 15 is 0 Å². The zero-order valence-corrected chi connectivity index (χ0v) is 8.39. The van der Waals surface area contributed by atoms with Crippen molar-refractivity contribution < 1.29 is 1.37 Å². The van der Waals surface area contributed by atoms with Gasteiger partial charge in [0.1, 0.15) is 0 Å². The first-order valence-electron chi connectivity index (χ1n) is 5.02. The summed E-state index contributed by atoms with van der Waals surface area (Å²) in [4.78, 5) is 0. The van der Waals surface area contributed by atoms with E-state index in [1.807, 2.05) is 26.0 Å². The van der Waals surface area contributed by atoms with Crippen LogP contribution in [-0.2, 0) is 0 Å². The van der Waals surface area contributed by atoms with Crippen molar-refractivity contribution in [2.24, 2.45) is 0 Å². The third-order valence-electron chi connectivity index (χ3n) is 2.12. The van der Waals surface area contributed by atoms with Crippen molar-refractivity contribution in [1.29, 1.82) is 0 Å². The smallest absolute Gasteiger partial charge is 0.0347 e. The first kappa shape index (κ1) is 7.85. The molecule has 66 valence electrons. The molecule has 0 saturated carbocycles. The van der Waals surface area contributed by atoms with Crippen LogP contribution < -0.4 is 0 Å². The van der Waals surface area contributed by atoms with E-state index in [4.69, 9.17) is 1.37 Å². The number of hydrogen-bond acceptors (Lipinski definition) is 0. The summed E-state index contributed by atoms with van der Waals surface area (Å²) in [6.45, 7) is 8.22. The van der Waals surface area contributed by atoms with Crippen molar-refractivity contribution in [3.63, 3.8) is 0 Å². The van der Waals surface area contributed by atoms with E-state index in [1.54, 1.807) is 0 Å². The van der Waals surface area contributed by atoms with Gasteiger partial charge in [0.25, 0.3) is 0 Å². The molecular weight excluding hydrogens is 144 g/mol. The molecule has 0 N–H and O–H groups in total. The molecule has 0 radical (unpaired) electrons. The minimum absolute atomic E-state index is 0.485. The van der Waals surface area contributed by atoms with Gasteiger partial charge in [-0.3, -0.25) is 0 Å². The van der Waals surface area contributed by atoms with Crippen molar-refractivity contribution in [2.75, 3.05) is 0 Å². The van der Waals surface area contributed by atoms with Gasteiger partial charge in [-0.15, -0.1) is 0 Å². The van der Waals surface area contributed by atoms with Gasteiger partial charge >= 0.3 is 0 Å². The van der Waals surface area contributed by atoms with Crippen LogP contribution in [0.1, 0.15) is 52.0 Å². The number of hydrogen-bond donors (Lipinski definition) is 0. The largest absolute Gasteiger partial charge is 0.0620 e. The lowest BCUT2D eigenvalue weighted by Gasteiger charge is -2.14. The average molecular weight is 163 g/mol.